The van der Waals surface area contributed by atoms with Crippen LogP contribution in [0.2, 0.25) is 0 Å². The van der Waals surface area contributed by atoms with Crippen molar-refractivity contribution >= 4 is 23.9 Å². The minimum Gasteiger partial charge on any atom is -0.208 e. The summed E-state index contributed by atoms with van der Waals surface area (Å²) in [4.78, 5) is 17.7. The Morgan fingerprint density at radius 1 is 0.294 bits per heavy atom. The van der Waals surface area contributed by atoms with Crippen LogP contribution in [0.1, 0.15) is 11.1 Å². The Kier molecular flexibility index (Phi) is 8.13. The Morgan fingerprint density at radius 3 is 1.45 bits per heavy atom. The van der Waals surface area contributed by atoms with E-state index < -0.39 is 0 Å². The van der Waals surface area contributed by atoms with Gasteiger partial charge >= 0.3 is 0 Å². The highest BCUT2D eigenvalue weighted by atomic mass is 32.2. The van der Waals surface area contributed by atoms with Gasteiger partial charge in [-0.2, -0.15) is 0 Å². The maximum atomic E-state index is 5.14. The maximum Gasteiger partial charge on any atom is 0.164 e. The van der Waals surface area contributed by atoms with Crippen LogP contribution in [-0.2, 0) is 0 Å². The number of aromatic nitrogens is 3. The second kappa shape index (κ2) is 13.5. The Morgan fingerprint density at radius 2 is 0.765 bits per heavy atom. The standard InChI is InChI=1S/C47H31N3S/c1-3-14-32(15-4-1)36-19-13-20-37(30-36)46-48-45(35-17-5-2-6-18-35)49-47(50-46)38-29-28-34-27-26-33-16-7-8-21-39(33)40-22-9-11-24-43(40)51-44-25-12-10-23-41(44)42(34)31-38/h1-31H/b27-26-. The summed E-state index contributed by atoms with van der Waals surface area (Å²) in [6.45, 7) is 0. The summed E-state index contributed by atoms with van der Waals surface area (Å²) in [6, 6.07) is 61.5. The smallest absolute Gasteiger partial charge is 0.164 e. The van der Waals surface area contributed by atoms with Crippen molar-refractivity contribution in [3.8, 4) is 67.5 Å². The van der Waals surface area contributed by atoms with Crippen LogP contribution in [0.4, 0.5) is 0 Å². The molecule has 2 heterocycles. The number of rotatable bonds is 4. The highest BCUT2D eigenvalue weighted by Crippen LogP contribution is 2.44. The normalized spacial score (nSPS) is 12.4. The number of fused-ring (bicyclic) bond motifs is 6. The van der Waals surface area contributed by atoms with Gasteiger partial charge in [0.2, 0.25) is 0 Å². The SMILES string of the molecule is C1=C\c2ccc(-c3nc(-c4ccccc4)nc(-c4cccc(-c5ccccc5)c4)n3)cc2-c2ccccc2Sc2ccccc2-c2ccccc2/1. The molecule has 3 nitrogen and oxygen atoms in total. The van der Waals surface area contributed by atoms with Gasteiger partial charge in [-0.25, -0.2) is 15.0 Å². The van der Waals surface area contributed by atoms with Crippen LogP contribution in [0.15, 0.2) is 186 Å². The van der Waals surface area contributed by atoms with Gasteiger partial charge in [-0.3, -0.25) is 0 Å². The zero-order valence-electron chi connectivity index (χ0n) is 27.6. The largest absolute Gasteiger partial charge is 0.208 e. The summed E-state index contributed by atoms with van der Waals surface area (Å²) in [5.74, 6) is 1.91. The molecule has 0 saturated heterocycles. The molecule has 0 saturated carbocycles. The molecule has 7 aromatic carbocycles. The molecule has 1 aromatic heterocycles. The van der Waals surface area contributed by atoms with Crippen molar-refractivity contribution in [1.29, 1.82) is 0 Å². The molecule has 0 aliphatic carbocycles. The maximum absolute atomic E-state index is 5.14. The van der Waals surface area contributed by atoms with Crippen LogP contribution in [-0.4, -0.2) is 15.0 Å². The van der Waals surface area contributed by atoms with E-state index in [4.69, 9.17) is 15.0 Å². The van der Waals surface area contributed by atoms with Crippen LogP contribution < -0.4 is 0 Å². The van der Waals surface area contributed by atoms with Gasteiger partial charge in [0, 0.05) is 26.5 Å². The summed E-state index contributed by atoms with van der Waals surface area (Å²) in [5.41, 5.74) is 12.1. The van der Waals surface area contributed by atoms with Crippen LogP contribution in [0, 0.1) is 0 Å². The fourth-order valence-electron chi connectivity index (χ4n) is 6.63. The van der Waals surface area contributed by atoms with Crippen LogP contribution in [0.5, 0.6) is 0 Å². The minimum atomic E-state index is 0.630. The van der Waals surface area contributed by atoms with Crippen LogP contribution in [0.25, 0.3) is 79.7 Å². The van der Waals surface area contributed by atoms with Crippen molar-refractivity contribution < 1.29 is 0 Å². The molecule has 8 aromatic rings. The predicted molar refractivity (Wildman–Crippen MR) is 212 cm³/mol. The molecule has 0 N–H and O–H groups in total. The topological polar surface area (TPSA) is 38.7 Å². The minimum absolute atomic E-state index is 0.630. The summed E-state index contributed by atoms with van der Waals surface area (Å²) in [7, 11) is 0. The predicted octanol–water partition coefficient (Wildman–Crippen LogP) is 12.5. The lowest BCUT2D eigenvalue weighted by Crippen LogP contribution is -2.00. The lowest BCUT2D eigenvalue weighted by molar-refractivity contribution is 1.07. The molecule has 0 unspecified atom stereocenters. The van der Waals surface area contributed by atoms with Gasteiger partial charge in [0.05, 0.1) is 0 Å². The molecule has 0 radical (unpaired) electrons. The summed E-state index contributed by atoms with van der Waals surface area (Å²) < 4.78 is 0. The molecule has 1 aliphatic heterocycles. The Hall–Kier alpha value is -6.36. The average molecular weight is 670 g/mol. The molecule has 0 spiro atoms. The summed E-state index contributed by atoms with van der Waals surface area (Å²) in [6.07, 6.45) is 4.47. The van der Waals surface area contributed by atoms with Crippen molar-refractivity contribution in [2.75, 3.05) is 0 Å². The van der Waals surface area contributed by atoms with E-state index in [1.165, 1.54) is 26.5 Å². The van der Waals surface area contributed by atoms with E-state index in [0.717, 1.165) is 44.5 Å². The molecule has 9 rings (SSSR count). The quantitative estimate of drug-likeness (QED) is 0.187. The average Bonchev–Trinajstić information content (AvgIpc) is 3.23. The lowest BCUT2D eigenvalue weighted by atomic mass is 9.95. The summed E-state index contributed by atoms with van der Waals surface area (Å²) in [5, 5.41) is 0. The van der Waals surface area contributed by atoms with E-state index in [0.29, 0.717) is 17.5 Å². The van der Waals surface area contributed by atoms with Gasteiger partial charge in [0.15, 0.2) is 17.5 Å². The molecule has 0 bridgehead atoms. The molecule has 4 heteroatoms. The van der Waals surface area contributed by atoms with E-state index >= 15 is 0 Å². The zero-order valence-corrected chi connectivity index (χ0v) is 28.5. The number of nitrogens with zero attached hydrogens (tertiary/aromatic N) is 3. The lowest BCUT2D eigenvalue weighted by Gasteiger charge is -2.15. The second-order valence-electron chi connectivity index (χ2n) is 12.4. The first kappa shape index (κ1) is 30.7. The van der Waals surface area contributed by atoms with Gasteiger partial charge in [-0.15, -0.1) is 0 Å². The van der Waals surface area contributed by atoms with Gasteiger partial charge in [0.25, 0.3) is 0 Å². The van der Waals surface area contributed by atoms with E-state index in [9.17, 15) is 0 Å². The van der Waals surface area contributed by atoms with Gasteiger partial charge in [-0.05, 0) is 68.8 Å². The van der Waals surface area contributed by atoms with Gasteiger partial charge in [-0.1, -0.05) is 176 Å². The van der Waals surface area contributed by atoms with Crippen molar-refractivity contribution in [2.24, 2.45) is 0 Å². The Balaban J connectivity index is 1.23. The summed E-state index contributed by atoms with van der Waals surface area (Å²) >= 11 is 1.81. The first-order valence-corrected chi connectivity index (χ1v) is 17.8. The third kappa shape index (κ3) is 6.18. The third-order valence-corrected chi connectivity index (χ3v) is 10.3. The molecule has 240 valence electrons. The van der Waals surface area contributed by atoms with Crippen LogP contribution in [0.3, 0.4) is 0 Å². The number of benzene rings is 7. The van der Waals surface area contributed by atoms with Crippen LogP contribution >= 0.6 is 11.8 Å². The monoisotopic (exact) mass is 669 g/mol. The number of hydrogen-bond donors (Lipinski definition) is 0. The Bertz CT molecular complexity index is 2560. The van der Waals surface area contributed by atoms with Crippen molar-refractivity contribution in [1.82, 2.24) is 15.0 Å². The van der Waals surface area contributed by atoms with E-state index in [1.54, 1.807) is 0 Å². The highest BCUT2D eigenvalue weighted by molar-refractivity contribution is 7.99. The fourth-order valence-corrected chi connectivity index (χ4v) is 7.74. The van der Waals surface area contributed by atoms with E-state index in [-0.39, 0.29) is 0 Å². The van der Waals surface area contributed by atoms with Crippen molar-refractivity contribution in [3.63, 3.8) is 0 Å². The molecular weight excluding hydrogens is 639 g/mol. The Labute approximate surface area is 302 Å². The molecular formula is C47H31N3S. The van der Waals surface area contributed by atoms with E-state index in [1.807, 2.05) is 48.2 Å². The van der Waals surface area contributed by atoms with E-state index in [2.05, 4.69) is 152 Å². The molecule has 51 heavy (non-hydrogen) atoms. The molecule has 0 amide bonds. The first-order chi connectivity index (χ1) is 25.3. The highest BCUT2D eigenvalue weighted by Gasteiger charge is 2.18. The van der Waals surface area contributed by atoms with Crippen molar-refractivity contribution in [3.05, 3.63) is 187 Å². The molecule has 0 fully saturated rings. The van der Waals surface area contributed by atoms with Gasteiger partial charge in [0.1, 0.15) is 0 Å². The number of hydrogen-bond acceptors (Lipinski definition) is 4. The van der Waals surface area contributed by atoms with Crippen molar-refractivity contribution in [2.45, 2.75) is 9.79 Å². The first-order valence-electron chi connectivity index (χ1n) is 17.0. The molecule has 0 atom stereocenters. The second-order valence-corrected chi connectivity index (χ2v) is 13.5. The zero-order chi connectivity index (χ0) is 34.0. The fraction of sp³-hybridized carbons (Fsp3) is 0. The molecule has 1 aliphatic rings. The van der Waals surface area contributed by atoms with Gasteiger partial charge < -0.3 is 0 Å². The third-order valence-electron chi connectivity index (χ3n) is 9.18.